The summed E-state index contributed by atoms with van der Waals surface area (Å²) in [7, 11) is -3.60. The van der Waals surface area contributed by atoms with Crippen LogP contribution in [0.5, 0.6) is 0 Å². The van der Waals surface area contributed by atoms with Crippen LogP contribution in [0.1, 0.15) is 15.9 Å². The van der Waals surface area contributed by atoms with Gasteiger partial charge in [-0.3, -0.25) is 10.1 Å². The van der Waals surface area contributed by atoms with E-state index in [2.05, 4.69) is 10.6 Å². The number of carbonyl (C=O) groups is 1. The number of anilines is 2. The van der Waals surface area contributed by atoms with Crippen LogP contribution in [0.4, 0.5) is 11.4 Å². The van der Waals surface area contributed by atoms with Crippen LogP contribution in [0.2, 0.25) is 15.1 Å². The molecule has 1 heterocycles. The number of hydrogen-bond acceptors (Lipinski definition) is 5. The molecule has 12 heteroatoms. The summed E-state index contributed by atoms with van der Waals surface area (Å²) in [5.41, 5.74) is 2.55. The molecule has 2 N–H and O–H groups in total. The fourth-order valence-electron chi connectivity index (χ4n) is 3.92. The van der Waals surface area contributed by atoms with E-state index in [0.29, 0.717) is 53.2 Å². The van der Waals surface area contributed by atoms with Crippen LogP contribution in [0.3, 0.4) is 0 Å². The highest BCUT2D eigenvalue weighted by molar-refractivity contribution is 7.89. The van der Waals surface area contributed by atoms with Gasteiger partial charge < -0.3 is 10.2 Å². The van der Waals surface area contributed by atoms with E-state index in [1.54, 1.807) is 48.5 Å². The zero-order chi connectivity index (χ0) is 26.7. The van der Waals surface area contributed by atoms with Crippen LogP contribution in [0.25, 0.3) is 0 Å². The van der Waals surface area contributed by atoms with Crippen molar-refractivity contribution in [2.75, 3.05) is 36.4 Å². The number of carbonyl (C=O) groups excluding carboxylic acids is 1. The summed E-state index contributed by atoms with van der Waals surface area (Å²) >= 11 is 23.8. The Labute approximate surface area is 236 Å². The molecule has 0 aromatic heterocycles. The van der Waals surface area contributed by atoms with Crippen molar-refractivity contribution in [1.82, 2.24) is 9.62 Å². The summed E-state index contributed by atoms with van der Waals surface area (Å²) < 4.78 is 27.6. The Bertz CT molecular complexity index is 1440. The number of hydrogen-bond donors (Lipinski definition) is 2. The van der Waals surface area contributed by atoms with Crippen molar-refractivity contribution in [3.05, 3.63) is 86.9 Å². The fourth-order valence-corrected chi connectivity index (χ4v) is 6.13. The predicted octanol–water partition coefficient (Wildman–Crippen LogP) is 5.59. The Morgan fingerprint density at radius 3 is 2.22 bits per heavy atom. The van der Waals surface area contributed by atoms with Gasteiger partial charge in [0.05, 0.1) is 31.3 Å². The molecular weight excluding hydrogens is 575 g/mol. The molecule has 1 fully saturated rings. The molecule has 3 aromatic carbocycles. The summed E-state index contributed by atoms with van der Waals surface area (Å²) in [4.78, 5) is 14.9. The lowest BCUT2D eigenvalue weighted by atomic mass is 10.2. The minimum absolute atomic E-state index is 0.0696. The molecule has 0 atom stereocenters. The lowest BCUT2D eigenvalue weighted by molar-refractivity contribution is 0.0977. The van der Waals surface area contributed by atoms with Gasteiger partial charge in [0.25, 0.3) is 5.91 Å². The highest BCUT2D eigenvalue weighted by Crippen LogP contribution is 2.35. The maximum absolute atomic E-state index is 13.1. The largest absolute Gasteiger partial charge is 0.366 e. The lowest BCUT2D eigenvalue weighted by Crippen LogP contribution is -2.49. The zero-order valence-corrected chi connectivity index (χ0v) is 23.6. The molecule has 0 aliphatic carbocycles. The average molecular weight is 598 g/mol. The Balaban J connectivity index is 1.45. The van der Waals surface area contributed by atoms with Gasteiger partial charge in [0.1, 0.15) is 0 Å². The monoisotopic (exact) mass is 596 g/mol. The van der Waals surface area contributed by atoms with Crippen molar-refractivity contribution < 1.29 is 13.2 Å². The van der Waals surface area contributed by atoms with E-state index in [1.807, 2.05) is 11.8 Å². The van der Waals surface area contributed by atoms with Crippen LogP contribution in [-0.2, 0) is 10.0 Å². The third-order valence-corrected chi connectivity index (χ3v) is 9.02. The van der Waals surface area contributed by atoms with Crippen LogP contribution in [0, 0.1) is 6.92 Å². The Hall–Kier alpha value is -2.40. The van der Waals surface area contributed by atoms with Crippen LogP contribution in [-0.4, -0.2) is 49.9 Å². The number of para-hydroxylation sites is 1. The van der Waals surface area contributed by atoms with Crippen LogP contribution in [0.15, 0.2) is 65.6 Å². The molecule has 1 amide bonds. The first-order valence-electron chi connectivity index (χ1n) is 11.2. The van der Waals surface area contributed by atoms with Crippen LogP contribution < -0.4 is 15.5 Å². The first-order valence-corrected chi connectivity index (χ1v) is 14.2. The number of rotatable bonds is 5. The molecule has 0 unspecified atom stereocenters. The minimum Gasteiger partial charge on any atom is -0.366 e. The second kappa shape index (κ2) is 11.6. The Kier molecular flexibility index (Phi) is 8.63. The number of nitrogens with one attached hydrogen (secondary N) is 2. The molecule has 4 rings (SSSR count). The smallest absolute Gasteiger partial charge is 0.257 e. The number of nitrogens with zero attached hydrogens (tertiary/aromatic N) is 2. The van der Waals surface area contributed by atoms with E-state index in [9.17, 15) is 13.2 Å². The van der Waals surface area contributed by atoms with E-state index in [4.69, 9.17) is 47.0 Å². The number of thiocarbonyl (C=S) groups is 1. The molecule has 194 valence electrons. The maximum atomic E-state index is 13.1. The third kappa shape index (κ3) is 6.37. The highest BCUT2D eigenvalue weighted by atomic mass is 35.5. The standard InChI is InChI=1S/C25H23Cl3N4O3S2/c1-16-5-8-18(9-6-16)37(34,35)32-13-11-31(12-14-32)23-20(27)3-2-4-22(23)29-25(36)30-24(33)17-7-10-19(26)21(28)15-17/h2-10,15H,11-14H2,1H3,(H2,29,30,33,36). The molecule has 0 saturated carbocycles. The minimum atomic E-state index is -3.60. The number of aryl methyl sites for hydroxylation is 1. The van der Waals surface area contributed by atoms with Gasteiger partial charge in [-0.1, -0.05) is 58.6 Å². The van der Waals surface area contributed by atoms with Gasteiger partial charge in [-0.05, 0) is 61.6 Å². The van der Waals surface area contributed by atoms with Gasteiger partial charge in [-0.2, -0.15) is 4.31 Å². The lowest BCUT2D eigenvalue weighted by Gasteiger charge is -2.36. The number of piperazine rings is 1. The Morgan fingerprint density at radius 1 is 0.892 bits per heavy atom. The third-order valence-electron chi connectivity index (χ3n) is 5.86. The average Bonchev–Trinajstić information content (AvgIpc) is 2.86. The summed E-state index contributed by atoms with van der Waals surface area (Å²) in [5.74, 6) is -0.449. The fraction of sp³-hybridized carbons (Fsp3) is 0.200. The van der Waals surface area contributed by atoms with Gasteiger partial charge in [0, 0.05) is 31.7 Å². The first kappa shape index (κ1) is 27.6. The van der Waals surface area contributed by atoms with Crippen molar-refractivity contribution in [3.8, 4) is 0 Å². The van der Waals surface area contributed by atoms with Crippen molar-refractivity contribution in [2.45, 2.75) is 11.8 Å². The van der Waals surface area contributed by atoms with Gasteiger partial charge in [-0.25, -0.2) is 8.42 Å². The molecule has 37 heavy (non-hydrogen) atoms. The number of benzene rings is 3. The summed E-state index contributed by atoms with van der Waals surface area (Å²) in [6.07, 6.45) is 0. The van der Waals surface area contributed by atoms with Gasteiger partial charge in [0.15, 0.2) is 5.11 Å². The topological polar surface area (TPSA) is 81.8 Å². The first-order chi connectivity index (χ1) is 17.6. The van der Waals surface area contributed by atoms with Gasteiger partial charge in [0.2, 0.25) is 10.0 Å². The summed E-state index contributed by atoms with van der Waals surface area (Å²) in [6, 6.07) is 16.6. The van der Waals surface area contributed by atoms with E-state index in [-0.39, 0.29) is 15.0 Å². The SMILES string of the molecule is Cc1ccc(S(=O)(=O)N2CCN(c3c(Cl)cccc3NC(=S)NC(=O)c3ccc(Cl)c(Cl)c3)CC2)cc1. The Morgan fingerprint density at radius 2 is 1.57 bits per heavy atom. The van der Waals surface area contributed by atoms with Crippen LogP contribution >= 0.6 is 47.0 Å². The number of halogens is 3. The summed E-state index contributed by atoms with van der Waals surface area (Å²) in [6.45, 7) is 3.34. The van der Waals surface area contributed by atoms with Crippen molar-refractivity contribution in [2.24, 2.45) is 0 Å². The second-order valence-electron chi connectivity index (χ2n) is 8.38. The molecule has 0 radical (unpaired) electrons. The molecule has 1 aliphatic rings. The van der Waals surface area contributed by atoms with E-state index >= 15 is 0 Å². The molecule has 3 aromatic rings. The molecular formula is C25H23Cl3N4O3S2. The predicted molar refractivity (Wildman–Crippen MR) is 154 cm³/mol. The normalized spacial score (nSPS) is 14.3. The van der Waals surface area contributed by atoms with Gasteiger partial charge >= 0.3 is 0 Å². The maximum Gasteiger partial charge on any atom is 0.257 e. The van der Waals surface area contributed by atoms with Crippen molar-refractivity contribution >= 4 is 79.4 Å². The van der Waals surface area contributed by atoms with Crippen molar-refractivity contribution in [3.63, 3.8) is 0 Å². The van der Waals surface area contributed by atoms with Gasteiger partial charge in [-0.15, -0.1) is 0 Å². The van der Waals surface area contributed by atoms with E-state index in [1.165, 1.54) is 16.4 Å². The zero-order valence-electron chi connectivity index (χ0n) is 19.7. The number of sulfonamides is 1. The molecule has 1 aliphatic heterocycles. The highest BCUT2D eigenvalue weighted by Gasteiger charge is 2.30. The molecule has 0 spiro atoms. The molecule has 7 nitrogen and oxygen atoms in total. The van der Waals surface area contributed by atoms with E-state index in [0.717, 1.165) is 5.56 Å². The summed E-state index contributed by atoms with van der Waals surface area (Å²) in [5, 5.41) is 6.79. The van der Waals surface area contributed by atoms with Crippen molar-refractivity contribution in [1.29, 1.82) is 0 Å². The van der Waals surface area contributed by atoms with E-state index < -0.39 is 15.9 Å². The quantitative estimate of drug-likeness (QED) is 0.373. The number of amides is 1. The second-order valence-corrected chi connectivity index (χ2v) is 11.9. The molecule has 0 bridgehead atoms. The molecule has 1 saturated heterocycles.